The van der Waals surface area contributed by atoms with Crippen molar-refractivity contribution in [2.45, 2.75) is 19.8 Å². The van der Waals surface area contributed by atoms with Gasteiger partial charge in [-0.2, -0.15) is 0 Å². The van der Waals surface area contributed by atoms with Gasteiger partial charge < -0.3 is 9.15 Å². The van der Waals surface area contributed by atoms with Crippen LogP contribution < -0.4 is 0 Å². The van der Waals surface area contributed by atoms with E-state index in [1.165, 1.54) is 0 Å². The van der Waals surface area contributed by atoms with E-state index in [2.05, 4.69) is 0 Å². The fourth-order valence-corrected chi connectivity index (χ4v) is 0.938. The van der Waals surface area contributed by atoms with E-state index in [1.807, 2.05) is 19.1 Å². The van der Waals surface area contributed by atoms with Crippen LogP contribution in [0.4, 0.5) is 0 Å². The van der Waals surface area contributed by atoms with Gasteiger partial charge in [0, 0.05) is 12.8 Å². The smallest absolute Gasteiger partial charge is 0.180 e. The van der Waals surface area contributed by atoms with Crippen LogP contribution in [0.15, 0.2) is 22.8 Å². The molecule has 0 fully saturated rings. The Balaban J connectivity index is 0.00000144. The van der Waals surface area contributed by atoms with Gasteiger partial charge in [-0.05, 0) is 19.1 Å². The average molecular weight is 204 g/mol. The third-order valence-corrected chi connectivity index (χ3v) is 1.50. The van der Waals surface area contributed by atoms with Crippen LogP contribution in [0.1, 0.15) is 19.1 Å². The fraction of sp³-hybridized carbons (Fsp3) is 0.444. The van der Waals surface area contributed by atoms with Gasteiger partial charge in [-0.25, -0.2) is 0 Å². The molecule has 4 heteroatoms. The fourth-order valence-electron chi connectivity index (χ4n) is 0.938. The van der Waals surface area contributed by atoms with Crippen molar-refractivity contribution in [2.75, 3.05) is 6.61 Å². The van der Waals surface area contributed by atoms with Gasteiger partial charge in [-0.15, -0.1) is 12.4 Å². The molecule has 1 aromatic rings. The van der Waals surface area contributed by atoms with E-state index in [4.69, 9.17) is 14.6 Å². The normalized spacial score (nSPS) is 9.00. The molecule has 0 aliphatic rings. The molecule has 0 saturated heterocycles. The summed E-state index contributed by atoms with van der Waals surface area (Å²) < 4.78 is 10.1. The maximum absolute atomic E-state index is 7.33. The van der Waals surface area contributed by atoms with Crippen LogP contribution in [0.2, 0.25) is 0 Å². The number of aryl methyl sites for hydroxylation is 1. The molecular weight excluding hydrogens is 190 g/mol. The number of rotatable bonds is 4. The Morgan fingerprint density at radius 1 is 1.62 bits per heavy atom. The second kappa shape index (κ2) is 6.54. The Hall–Kier alpha value is -0.960. The Labute approximate surface area is 84.0 Å². The molecule has 1 aromatic heterocycles. The number of nitrogens with one attached hydrogen (secondary N) is 1. The first-order valence-electron chi connectivity index (χ1n) is 4.05. The molecule has 0 atom stereocenters. The first-order chi connectivity index (χ1) is 5.83. The largest absolute Gasteiger partial charge is 0.481 e. The van der Waals surface area contributed by atoms with Gasteiger partial charge in [0.25, 0.3) is 0 Å². The molecule has 0 spiro atoms. The van der Waals surface area contributed by atoms with Crippen LogP contribution >= 0.6 is 12.4 Å². The van der Waals surface area contributed by atoms with Crippen molar-refractivity contribution in [2.24, 2.45) is 0 Å². The Kier molecular flexibility index (Phi) is 6.06. The lowest BCUT2D eigenvalue weighted by Gasteiger charge is -2.02. The molecular formula is C9H14ClNO2. The summed E-state index contributed by atoms with van der Waals surface area (Å²) in [6.45, 7) is 2.44. The third-order valence-electron chi connectivity index (χ3n) is 1.50. The molecule has 74 valence electrons. The van der Waals surface area contributed by atoms with Crippen LogP contribution in [-0.2, 0) is 11.2 Å². The predicted octanol–water partition coefficient (Wildman–Crippen LogP) is 2.65. The minimum Gasteiger partial charge on any atom is -0.481 e. The highest BCUT2D eigenvalue weighted by Crippen LogP contribution is 2.04. The van der Waals surface area contributed by atoms with Crippen molar-refractivity contribution < 1.29 is 9.15 Å². The van der Waals surface area contributed by atoms with E-state index < -0.39 is 0 Å². The van der Waals surface area contributed by atoms with Crippen molar-refractivity contribution in [3.8, 4) is 0 Å². The summed E-state index contributed by atoms with van der Waals surface area (Å²) >= 11 is 0. The quantitative estimate of drug-likeness (QED) is 0.604. The number of furan rings is 1. The topological polar surface area (TPSA) is 46.2 Å². The summed E-state index contributed by atoms with van der Waals surface area (Å²) in [4.78, 5) is 0. The molecule has 0 radical (unpaired) electrons. The molecule has 0 unspecified atom stereocenters. The first kappa shape index (κ1) is 12.0. The predicted molar refractivity (Wildman–Crippen MR) is 53.6 cm³/mol. The first-order valence-corrected chi connectivity index (χ1v) is 4.05. The van der Waals surface area contributed by atoms with Crippen LogP contribution in [-0.4, -0.2) is 12.5 Å². The molecule has 0 amide bonds. The standard InChI is InChI=1S/C9H13NO2.ClH/c1-2-11-9(10)6-5-8-4-3-7-12-8;/h3-4,7,10H,2,5-6H2,1H3;1H. The molecule has 0 bridgehead atoms. The SMILES string of the molecule is CCOC(=N)CCc1ccco1.Cl. The van der Waals surface area contributed by atoms with E-state index in [9.17, 15) is 0 Å². The zero-order valence-corrected chi connectivity index (χ0v) is 8.39. The molecule has 3 nitrogen and oxygen atoms in total. The average Bonchev–Trinajstić information content (AvgIpc) is 2.53. The highest BCUT2D eigenvalue weighted by atomic mass is 35.5. The van der Waals surface area contributed by atoms with E-state index >= 15 is 0 Å². The summed E-state index contributed by atoms with van der Waals surface area (Å²) in [5.41, 5.74) is 0. The van der Waals surface area contributed by atoms with E-state index in [0.717, 1.165) is 12.2 Å². The van der Waals surface area contributed by atoms with Gasteiger partial charge >= 0.3 is 0 Å². The summed E-state index contributed by atoms with van der Waals surface area (Å²) in [5.74, 6) is 1.23. The van der Waals surface area contributed by atoms with Crippen LogP contribution in [0.25, 0.3) is 0 Å². The Morgan fingerprint density at radius 3 is 2.92 bits per heavy atom. The highest BCUT2D eigenvalue weighted by molar-refractivity contribution is 5.85. The molecule has 0 saturated carbocycles. The number of hydrogen-bond donors (Lipinski definition) is 1. The monoisotopic (exact) mass is 203 g/mol. The van der Waals surface area contributed by atoms with Crippen molar-refractivity contribution in [1.29, 1.82) is 5.41 Å². The maximum Gasteiger partial charge on any atom is 0.180 e. The van der Waals surface area contributed by atoms with Gasteiger partial charge in [-0.1, -0.05) is 0 Å². The van der Waals surface area contributed by atoms with E-state index in [0.29, 0.717) is 18.9 Å². The van der Waals surface area contributed by atoms with Crippen molar-refractivity contribution >= 4 is 18.3 Å². The second-order valence-corrected chi connectivity index (χ2v) is 2.44. The van der Waals surface area contributed by atoms with Gasteiger partial charge in [-0.3, -0.25) is 5.41 Å². The maximum atomic E-state index is 7.33. The van der Waals surface area contributed by atoms with Crippen LogP contribution in [0.5, 0.6) is 0 Å². The summed E-state index contributed by atoms with van der Waals surface area (Å²) in [6, 6.07) is 3.75. The number of ether oxygens (including phenoxy) is 1. The van der Waals surface area contributed by atoms with Crippen LogP contribution in [0.3, 0.4) is 0 Å². The second-order valence-electron chi connectivity index (χ2n) is 2.44. The lowest BCUT2D eigenvalue weighted by atomic mass is 10.2. The van der Waals surface area contributed by atoms with Gasteiger partial charge in [0.1, 0.15) is 5.76 Å². The minimum atomic E-state index is 0. The highest BCUT2D eigenvalue weighted by Gasteiger charge is 1.99. The molecule has 0 aromatic carbocycles. The van der Waals surface area contributed by atoms with Crippen molar-refractivity contribution in [3.63, 3.8) is 0 Å². The van der Waals surface area contributed by atoms with Crippen molar-refractivity contribution in [1.82, 2.24) is 0 Å². The molecule has 13 heavy (non-hydrogen) atoms. The third kappa shape index (κ3) is 4.58. The molecule has 1 N–H and O–H groups in total. The summed E-state index contributed by atoms with van der Waals surface area (Å²) in [6.07, 6.45) is 2.99. The van der Waals surface area contributed by atoms with Crippen LogP contribution in [0, 0.1) is 5.41 Å². The number of hydrogen-bond acceptors (Lipinski definition) is 3. The number of halogens is 1. The molecule has 1 heterocycles. The Bertz CT molecular complexity index is 234. The summed E-state index contributed by atoms with van der Waals surface area (Å²) in [5, 5.41) is 7.33. The van der Waals surface area contributed by atoms with Gasteiger partial charge in [0.15, 0.2) is 5.90 Å². The molecule has 1 rings (SSSR count). The lowest BCUT2D eigenvalue weighted by Crippen LogP contribution is -2.03. The minimum absolute atomic E-state index is 0. The molecule has 0 aliphatic carbocycles. The summed E-state index contributed by atoms with van der Waals surface area (Å²) in [7, 11) is 0. The Morgan fingerprint density at radius 2 is 2.38 bits per heavy atom. The zero-order chi connectivity index (χ0) is 8.81. The lowest BCUT2D eigenvalue weighted by molar-refractivity contribution is 0.312. The van der Waals surface area contributed by atoms with Crippen molar-refractivity contribution in [3.05, 3.63) is 24.2 Å². The van der Waals surface area contributed by atoms with Gasteiger partial charge in [0.05, 0.1) is 12.9 Å². The van der Waals surface area contributed by atoms with E-state index in [-0.39, 0.29) is 12.4 Å². The van der Waals surface area contributed by atoms with E-state index in [1.54, 1.807) is 6.26 Å². The molecule has 0 aliphatic heterocycles. The zero-order valence-electron chi connectivity index (χ0n) is 7.58. The van der Waals surface area contributed by atoms with Gasteiger partial charge in [0.2, 0.25) is 0 Å².